The molecule has 2 aromatic carbocycles. The summed E-state index contributed by atoms with van der Waals surface area (Å²) in [5.74, 6) is 0.420. The number of nitrogens with zero attached hydrogens (tertiary/aromatic N) is 2. The normalized spacial score (nSPS) is 11.6. The largest absolute Gasteiger partial charge is 0.497 e. The van der Waals surface area contributed by atoms with Crippen LogP contribution in [0.25, 0.3) is 10.9 Å². The molecular formula is C21H23N3O4S. The number of aromatic nitrogens is 1. The van der Waals surface area contributed by atoms with E-state index in [2.05, 4.69) is 10.3 Å². The van der Waals surface area contributed by atoms with Gasteiger partial charge in [0.25, 0.3) is 0 Å². The van der Waals surface area contributed by atoms with Crippen LogP contribution >= 0.6 is 0 Å². The van der Waals surface area contributed by atoms with Crippen LogP contribution in [-0.2, 0) is 14.8 Å². The van der Waals surface area contributed by atoms with E-state index < -0.39 is 10.0 Å². The average Bonchev–Trinajstić information content (AvgIpc) is 2.74. The summed E-state index contributed by atoms with van der Waals surface area (Å²) in [6.07, 6.45) is 2.31. The minimum absolute atomic E-state index is 0.170. The Morgan fingerprint density at radius 2 is 1.86 bits per heavy atom. The van der Waals surface area contributed by atoms with E-state index in [1.54, 1.807) is 18.3 Å². The summed E-state index contributed by atoms with van der Waals surface area (Å²) in [7, 11) is -0.581. The first-order chi connectivity index (χ1) is 13.9. The molecule has 0 radical (unpaired) electrons. The molecule has 3 rings (SSSR count). The Bertz CT molecular complexity index is 1090. The number of nitrogens with one attached hydrogen (secondary N) is 1. The quantitative estimate of drug-likeness (QED) is 0.612. The molecule has 0 bridgehead atoms. The molecule has 7 nitrogen and oxygen atoms in total. The van der Waals surface area contributed by atoms with E-state index in [9.17, 15) is 13.2 Å². The minimum Gasteiger partial charge on any atom is -0.497 e. The number of amides is 1. The summed E-state index contributed by atoms with van der Waals surface area (Å²) in [4.78, 5) is 16.8. The lowest BCUT2D eigenvalue weighted by molar-refractivity contribution is -0.116. The molecule has 1 amide bonds. The monoisotopic (exact) mass is 413 g/mol. The number of pyridine rings is 1. The lowest BCUT2D eigenvalue weighted by Gasteiger charge is -2.17. The van der Waals surface area contributed by atoms with Gasteiger partial charge in [-0.3, -0.25) is 9.78 Å². The number of benzene rings is 2. The first-order valence-electron chi connectivity index (χ1n) is 9.16. The maximum absolute atomic E-state index is 12.6. The van der Waals surface area contributed by atoms with E-state index in [1.165, 1.54) is 30.6 Å². The second kappa shape index (κ2) is 9.02. The van der Waals surface area contributed by atoms with Gasteiger partial charge < -0.3 is 10.1 Å². The van der Waals surface area contributed by atoms with Crippen LogP contribution in [0.3, 0.4) is 0 Å². The van der Waals surface area contributed by atoms with Crippen LogP contribution in [0, 0.1) is 0 Å². The highest BCUT2D eigenvalue weighted by atomic mass is 32.2. The number of carbonyl (C=O) groups is 1. The van der Waals surface area contributed by atoms with Gasteiger partial charge in [0.15, 0.2) is 0 Å². The van der Waals surface area contributed by atoms with Crippen LogP contribution < -0.4 is 10.1 Å². The number of sulfonamides is 1. The molecule has 0 unspecified atom stereocenters. The third-order valence-corrected chi connectivity index (χ3v) is 6.44. The standard InChI is InChI=1S/C21H23N3O4S/c1-24(29(26,27)17-12-10-16(28-2)11-13-17)15-5-9-21(25)23-20-8-3-7-19-18(20)6-4-14-22-19/h3-4,6-8,10-14H,5,9,15H2,1-2H3,(H,23,25). The first-order valence-corrected chi connectivity index (χ1v) is 10.6. The van der Waals surface area contributed by atoms with Gasteiger partial charge >= 0.3 is 0 Å². The Kier molecular flexibility index (Phi) is 6.46. The summed E-state index contributed by atoms with van der Waals surface area (Å²) in [6, 6.07) is 15.5. The topological polar surface area (TPSA) is 88.6 Å². The summed E-state index contributed by atoms with van der Waals surface area (Å²) >= 11 is 0. The van der Waals surface area contributed by atoms with Crippen molar-refractivity contribution in [2.45, 2.75) is 17.7 Å². The lowest BCUT2D eigenvalue weighted by Crippen LogP contribution is -2.28. The Hall–Kier alpha value is -2.97. The van der Waals surface area contributed by atoms with Gasteiger partial charge in [0.1, 0.15) is 5.75 Å². The van der Waals surface area contributed by atoms with Crippen molar-refractivity contribution in [3.05, 3.63) is 60.8 Å². The highest BCUT2D eigenvalue weighted by molar-refractivity contribution is 7.89. The van der Waals surface area contributed by atoms with Gasteiger partial charge in [0.2, 0.25) is 15.9 Å². The third kappa shape index (κ3) is 4.90. The van der Waals surface area contributed by atoms with Crippen molar-refractivity contribution in [3.8, 4) is 5.75 Å². The molecule has 0 spiro atoms. The van der Waals surface area contributed by atoms with Crippen molar-refractivity contribution >= 4 is 32.5 Å². The fourth-order valence-electron chi connectivity index (χ4n) is 2.94. The van der Waals surface area contributed by atoms with Gasteiger partial charge in [0.05, 0.1) is 23.2 Å². The lowest BCUT2D eigenvalue weighted by atomic mass is 10.1. The summed E-state index contributed by atoms with van der Waals surface area (Å²) < 4.78 is 31.6. The van der Waals surface area contributed by atoms with E-state index in [1.807, 2.05) is 30.3 Å². The average molecular weight is 413 g/mol. The van der Waals surface area contributed by atoms with Crippen molar-refractivity contribution < 1.29 is 17.9 Å². The number of fused-ring (bicyclic) bond motifs is 1. The van der Waals surface area contributed by atoms with Crippen molar-refractivity contribution in [3.63, 3.8) is 0 Å². The van der Waals surface area contributed by atoms with E-state index in [-0.39, 0.29) is 23.8 Å². The second-order valence-electron chi connectivity index (χ2n) is 6.53. The van der Waals surface area contributed by atoms with Gasteiger partial charge in [-0.1, -0.05) is 6.07 Å². The molecule has 1 aromatic heterocycles. The van der Waals surface area contributed by atoms with Gasteiger partial charge in [-0.2, -0.15) is 0 Å². The number of carbonyl (C=O) groups excluding carboxylic acids is 1. The van der Waals surface area contributed by atoms with Crippen LogP contribution in [0.5, 0.6) is 5.75 Å². The maximum Gasteiger partial charge on any atom is 0.242 e. The zero-order valence-electron chi connectivity index (χ0n) is 16.3. The van der Waals surface area contributed by atoms with Gasteiger partial charge in [0, 0.05) is 31.6 Å². The van der Waals surface area contributed by atoms with Crippen LogP contribution in [0.1, 0.15) is 12.8 Å². The molecule has 8 heteroatoms. The smallest absolute Gasteiger partial charge is 0.242 e. The van der Waals surface area contributed by atoms with Crippen LogP contribution in [0.4, 0.5) is 5.69 Å². The number of anilines is 1. The number of ether oxygens (including phenoxy) is 1. The van der Waals surface area contributed by atoms with Gasteiger partial charge in [-0.15, -0.1) is 0 Å². The SMILES string of the molecule is COc1ccc(S(=O)(=O)N(C)CCCC(=O)Nc2cccc3ncccc23)cc1. The predicted molar refractivity (Wildman–Crippen MR) is 112 cm³/mol. The Morgan fingerprint density at radius 1 is 1.10 bits per heavy atom. The maximum atomic E-state index is 12.6. The van der Waals surface area contributed by atoms with Crippen molar-refractivity contribution in [2.75, 3.05) is 26.0 Å². The molecule has 29 heavy (non-hydrogen) atoms. The summed E-state index contributed by atoms with van der Waals surface area (Å²) in [6.45, 7) is 0.235. The second-order valence-corrected chi connectivity index (χ2v) is 8.57. The molecule has 152 valence electrons. The fourth-order valence-corrected chi connectivity index (χ4v) is 4.14. The minimum atomic E-state index is -3.61. The molecular weight excluding hydrogens is 390 g/mol. The van der Waals surface area contributed by atoms with Crippen LogP contribution in [0.15, 0.2) is 65.7 Å². The first kappa shape index (κ1) is 20.8. The molecule has 0 fully saturated rings. The molecule has 0 aliphatic carbocycles. The molecule has 0 aliphatic rings. The van der Waals surface area contributed by atoms with E-state index in [0.717, 1.165) is 10.9 Å². The fraction of sp³-hybridized carbons (Fsp3) is 0.238. The molecule has 1 heterocycles. The zero-order valence-corrected chi connectivity index (χ0v) is 17.1. The molecule has 0 aliphatic heterocycles. The molecule has 0 atom stereocenters. The number of methoxy groups -OCH3 is 1. The number of rotatable bonds is 8. The van der Waals surface area contributed by atoms with Crippen molar-refractivity contribution in [2.24, 2.45) is 0 Å². The zero-order chi connectivity index (χ0) is 20.9. The molecule has 0 saturated carbocycles. The van der Waals surface area contributed by atoms with Gasteiger partial charge in [-0.25, -0.2) is 12.7 Å². The summed E-state index contributed by atoms with van der Waals surface area (Å²) in [5.41, 5.74) is 1.50. The Balaban J connectivity index is 1.56. The predicted octanol–water partition coefficient (Wildman–Crippen LogP) is 3.28. The van der Waals surface area contributed by atoms with Gasteiger partial charge in [-0.05, 0) is 55.0 Å². The Morgan fingerprint density at radius 3 is 2.59 bits per heavy atom. The van der Waals surface area contributed by atoms with Crippen LogP contribution in [0.2, 0.25) is 0 Å². The molecule has 0 saturated heterocycles. The highest BCUT2D eigenvalue weighted by Crippen LogP contribution is 2.22. The summed E-state index contributed by atoms with van der Waals surface area (Å²) in [5, 5.41) is 3.74. The van der Waals surface area contributed by atoms with E-state index in [0.29, 0.717) is 17.9 Å². The Labute approximate surface area is 170 Å². The van der Waals surface area contributed by atoms with E-state index in [4.69, 9.17) is 4.74 Å². The van der Waals surface area contributed by atoms with Crippen molar-refractivity contribution in [1.82, 2.24) is 9.29 Å². The van der Waals surface area contributed by atoms with Crippen molar-refractivity contribution in [1.29, 1.82) is 0 Å². The molecule has 3 aromatic rings. The number of hydrogen-bond donors (Lipinski definition) is 1. The highest BCUT2D eigenvalue weighted by Gasteiger charge is 2.20. The van der Waals surface area contributed by atoms with Crippen LogP contribution in [-0.4, -0.2) is 44.3 Å². The number of hydrogen-bond acceptors (Lipinski definition) is 5. The third-order valence-electron chi connectivity index (χ3n) is 4.56. The molecule has 1 N–H and O–H groups in total. The van der Waals surface area contributed by atoms with E-state index >= 15 is 0 Å².